The van der Waals surface area contributed by atoms with Crippen molar-refractivity contribution in [1.82, 2.24) is 0 Å². The maximum Gasteiger partial charge on any atom is 0.191 e. The Morgan fingerprint density at radius 2 is 1.25 bits per heavy atom. The lowest BCUT2D eigenvalue weighted by molar-refractivity contribution is 0.277. The Balaban J connectivity index is 3.46. The van der Waals surface area contributed by atoms with E-state index in [-0.39, 0.29) is 3.23 Å². The van der Waals surface area contributed by atoms with E-state index in [0.29, 0.717) is 5.04 Å². The van der Waals surface area contributed by atoms with Crippen LogP contribution in [-0.2, 0) is 4.43 Å². The van der Waals surface area contributed by atoms with Crippen LogP contribution in [0.5, 0.6) is 0 Å². The van der Waals surface area contributed by atoms with Gasteiger partial charge in [0.15, 0.2) is 8.32 Å². The van der Waals surface area contributed by atoms with E-state index in [4.69, 9.17) is 4.43 Å². The number of alkyl halides is 2. The van der Waals surface area contributed by atoms with Gasteiger partial charge in [0, 0.05) is 6.61 Å². The molecule has 0 unspecified atom stereocenters. The highest BCUT2D eigenvalue weighted by atomic mass is 79.9. The normalized spacial score (nSPS) is 13.8. The third-order valence-electron chi connectivity index (χ3n) is 4.28. The summed E-state index contributed by atoms with van der Waals surface area (Å²) in [6.07, 6.45) is 9.08. The average molecular weight is 430 g/mol. The zero-order chi connectivity index (χ0) is 15.9. The summed E-state index contributed by atoms with van der Waals surface area (Å²) >= 11 is 7.24. The van der Waals surface area contributed by atoms with E-state index >= 15 is 0 Å². The zero-order valence-corrected chi connectivity index (χ0v) is 18.5. The Kier molecular flexibility index (Phi) is 9.84. The molecule has 0 heterocycles. The van der Waals surface area contributed by atoms with Crippen LogP contribution in [-0.4, -0.2) is 18.2 Å². The van der Waals surface area contributed by atoms with E-state index < -0.39 is 8.32 Å². The first kappa shape index (κ1) is 21.1. The molecule has 122 valence electrons. The fourth-order valence-electron chi connectivity index (χ4n) is 1.79. The first-order valence-electron chi connectivity index (χ1n) is 7.97. The minimum absolute atomic E-state index is 0.136. The molecule has 0 rings (SSSR count). The van der Waals surface area contributed by atoms with Crippen LogP contribution in [0.2, 0.25) is 18.1 Å². The van der Waals surface area contributed by atoms with Crippen LogP contribution in [0.3, 0.4) is 0 Å². The van der Waals surface area contributed by atoms with Crippen molar-refractivity contribution in [2.45, 2.75) is 94.0 Å². The van der Waals surface area contributed by atoms with Gasteiger partial charge in [-0.05, 0) is 37.9 Å². The van der Waals surface area contributed by atoms with Gasteiger partial charge in [-0.15, -0.1) is 0 Å². The predicted molar refractivity (Wildman–Crippen MR) is 102 cm³/mol. The smallest absolute Gasteiger partial charge is 0.191 e. The van der Waals surface area contributed by atoms with Crippen molar-refractivity contribution in [2.75, 3.05) is 6.61 Å². The summed E-state index contributed by atoms with van der Waals surface area (Å²) in [7, 11) is -1.52. The van der Waals surface area contributed by atoms with Crippen LogP contribution in [0.1, 0.15) is 72.6 Å². The molecule has 4 heteroatoms. The largest absolute Gasteiger partial charge is 0.417 e. The highest BCUT2D eigenvalue weighted by Crippen LogP contribution is 2.36. The summed E-state index contributed by atoms with van der Waals surface area (Å²) in [6.45, 7) is 14.7. The van der Waals surface area contributed by atoms with E-state index in [1.165, 1.54) is 44.9 Å². The van der Waals surface area contributed by atoms with Crippen molar-refractivity contribution in [3.63, 3.8) is 0 Å². The van der Waals surface area contributed by atoms with Gasteiger partial charge in [-0.25, -0.2) is 0 Å². The molecule has 0 N–H and O–H groups in total. The van der Waals surface area contributed by atoms with Crippen LogP contribution < -0.4 is 0 Å². The summed E-state index contributed by atoms with van der Waals surface area (Å²) in [4.78, 5) is 0. The second-order valence-corrected chi connectivity index (χ2v) is 16.9. The topological polar surface area (TPSA) is 9.23 Å². The lowest BCUT2D eigenvalue weighted by Gasteiger charge is -2.36. The van der Waals surface area contributed by atoms with Gasteiger partial charge in [-0.2, -0.15) is 0 Å². The highest BCUT2D eigenvalue weighted by molar-refractivity contribution is 9.25. The molecule has 0 aromatic carbocycles. The maximum atomic E-state index is 6.19. The fraction of sp³-hybridized carbons (Fsp3) is 1.00. The van der Waals surface area contributed by atoms with Crippen molar-refractivity contribution in [3.8, 4) is 0 Å². The van der Waals surface area contributed by atoms with E-state index in [2.05, 4.69) is 72.6 Å². The molecule has 0 aromatic heterocycles. The molecule has 0 aromatic rings. The Bertz CT molecular complexity index is 254. The van der Waals surface area contributed by atoms with E-state index in [0.717, 1.165) is 6.61 Å². The molecule has 0 amide bonds. The average Bonchev–Trinajstić information content (AvgIpc) is 2.23. The van der Waals surface area contributed by atoms with Gasteiger partial charge in [0.1, 0.15) is 0 Å². The SMILES string of the molecule is CC(Br)(Br)CCCCCCCCO[Si](C)(C)C(C)(C)C. The molecule has 0 saturated heterocycles. The molecule has 0 aliphatic rings. The van der Waals surface area contributed by atoms with Crippen LogP contribution in [0, 0.1) is 0 Å². The molecule has 0 aliphatic heterocycles. The number of hydrogen-bond donors (Lipinski definition) is 0. The lowest BCUT2D eigenvalue weighted by atomic mass is 10.1. The van der Waals surface area contributed by atoms with Crippen LogP contribution in [0.15, 0.2) is 0 Å². The Morgan fingerprint density at radius 1 is 0.800 bits per heavy atom. The molecule has 0 spiro atoms. The number of hydrogen-bond acceptors (Lipinski definition) is 1. The molecule has 0 radical (unpaired) electrons. The molecule has 0 bridgehead atoms. The molecule has 0 fully saturated rings. The van der Waals surface area contributed by atoms with Crippen molar-refractivity contribution in [2.24, 2.45) is 0 Å². The summed E-state index contributed by atoms with van der Waals surface area (Å²) in [5.74, 6) is 0. The Morgan fingerprint density at radius 3 is 1.70 bits per heavy atom. The van der Waals surface area contributed by atoms with Crippen LogP contribution >= 0.6 is 31.9 Å². The third kappa shape index (κ3) is 10.8. The standard InChI is InChI=1S/C16H34Br2OSi/c1-15(2,3)20(5,6)19-14-12-10-8-7-9-11-13-16(4,17)18/h7-14H2,1-6H3. The van der Waals surface area contributed by atoms with E-state index in [1.807, 2.05) is 0 Å². The van der Waals surface area contributed by atoms with Crippen LogP contribution in [0.4, 0.5) is 0 Å². The lowest BCUT2D eigenvalue weighted by Crippen LogP contribution is -2.40. The summed E-state index contributed by atoms with van der Waals surface area (Å²) in [5.41, 5.74) is 0. The van der Waals surface area contributed by atoms with Gasteiger partial charge in [0.05, 0.1) is 3.23 Å². The second-order valence-electron chi connectivity index (χ2n) is 7.55. The van der Waals surface area contributed by atoms with Gasteiger partial charge >= 0.3 is 0 Å². The summed E-state index contributed by atoms with van der Waals surface area (Å²) in [5, 5.41) is 0.338. The predicted octanol–water partition coefficient (Wildman–Crippen LogP) is 7.24. The molecular weight excluding hydrogens is 396 g/mol. The number of rotatable bonds is 10. The van der Waals surface area contributed by atoms with Gasteiger partial charge in [0.25, 0.3) is 0 Å². The molecule has 0 atom stereocenters. The summed E-state index contributed by atoms with van der Waals surface area (Å²) in [6, 6.07) is 0. The molecule has 1 nitrogen and oxygen atoms in total. The van der Waals surface area contributed by atoms with Gasteiger partial charge in [-0.1, -0.05) is 84.7 Å². The minimum atomic E-state index is -1.52. The number of unbranched alkanes of at least 4 members (excludes halogenated alkanes) is 5. The van der Waals surface area contributed by atoms with Crippen molar-refractivity contribution in [1.29, 1.82) is 0 Å². The first-order valence-corrected chi connectivity index (χ1v) is 12.5. The first-order chi connectivity index (χ1) is 8.96. The fourth-order valence-corrected chi connectivity index (χ4v) is 3.44. The maximum absolute atomic E-state index is 6.19. The van der Waals surface area contributed by atoms with E-state index in [9.17, 15) is 0 Å². The second kappa shape index (κ2) is 9.31. The zero-order valence-electron chi connectivity index (χ0n) is 14.3. The van der Waals surface area contributed by atoms with E-state index in [1.54, 1.807) is 0 Å². The summed E-state index contributed by atoms with van der Waals surface area (Å²) < 4.78 is 6.33. The highest BCUT2D eigenvalue weighted by Gasteiger charge is 2.36. The van der Waals surface area contributed by atoms with Gasteiger partial charge in [0.2, 0.25) is 0 Å². The quantitative estimate of drug-likeness (QED) is 0.202. The van der Waals surface area contributed by atoms with Crippen molar-refractivity contribution in [3.05, 3.63) is 0 Å². The number of halogens is 2. The minimum Gasteiger partial charge on any atom is -0.417 e. The van der Waals surface area contributed by atoms with Crippen molar-refractivity contribution < 1.29 is 4.43 Å². The molecular formula is C16H34Br2OSi. The van der Waals surface area contributed by atoms with Gasteiger partial charge in [-0.3, -0.25) is 0 Å². The Hall–Kier alpha value is 1.14. The Labute approximate surface area is 145 Å². The molecule has 0 aliphatic carbocycles. The van der Waals surface area contributed by atoms with Crippen LogP contribution in [0.25, 0.3) is 0 Å². The monoisotopic (exact) mass is 428 g/mol. The van der Waals surface area contributed by atoms with Crippen molar-refractivity contribution >= 4 is 40.2 Å². The van der Waals surface area contributed by atoms with Gasteiger partial charge < -0.3 is 4.43 Å². The molecule has 0 saturated carbocycles. The third-order valence-corrected chi connectivity index (χ3v) is 9.61. The molecule has 20 heavy (non-hydrogen) atoms.